The molecule has 33 heavy (non-hydrogen) atoms. The van der Waals surface area contributed by atoms with E-state index >= 15 is 0 Å². The largest absolute Gasteiger partial charge is 0.462 e. The Kier molecular flexibility index (Phi) is 7.23. The molecule has 2 fully saturated rings. The van der Waals surface area contributed by atoms with Crippen molar-refractivity contribution in [1.82, 2.24) is 4.90 Å². The van der Waals surface area contributed by atoms with Gasteiger partial charge >= 0.3 is 5.97 Å². The lowest BCUT2D eigenvalue weighted by molar-refractivity contribution is -0.164. The van der Waals surface area contributed by atoms with Gasteiger partial charge in [-0.25, -0.2) is 4.39 Å². The normalized spacial score (nSPS) is 28.9. The standard InChI is InChI=1S/C29H38FNO2/c1-20-10-15-26(29(2,3)22-8-6-5-7-9-22)27(18-20)33-28(32)25-19-31(4)17-16-24(25)21-11-13-23(30)14-12-21/h5-9,11-14,20,24-27H,10,15-19H2,1-4H3/t20-,24+,25-,26-,27-/m1/s1. The van der Waals surface area contributed by atoms with E-state index in [2.05, 4.69) is 63.1 Å². The number of hydrogen-bond acceptors (Lipinski definition) is 3. The number of esters is 1. The summed E-state index contributed by atoms with van der Waals surface area (Å²) in [6.45, 7) is 8.45. The third-order valence-electron chi connectivity index (χ3n) is 8.18. The first-order chi connectivity index (χ1) is 15.8. The van der Waals surface area contributed by atoms with Gasteiger partial charge in [-0.3, -0.25) is 4.79 Å². The first-order valence-corrected chi connectivity index (χ1v) is 12.5. The molecule has 0 amide bonds. The highest BCUT2D eigenvalue weighted by molar-refractivity contribution is 5.74. The highest BCUT2D eigenvalue weighted by Gasteiger charge is 2.44. The van der Waals surface area contributed by atoms with E-state index < -0.39 is 0 Å². The average molecular weight is 452 g/mol. The maximum Gasteiger partial charge on any atom is 0.311 e. The second kappa shape index (κ2) is 9.97. The summed E-state index contributed by atoms with van der Waals surface area (Å²) in [5.41, 5.74) is 2.25. The van der Waals surface area contributed by atoms with E-state index in [4.69, 9.17) is 4.74 Å². The minimum Gasteiger partial charge on any atom is -0.462 e. The Labute approximate surface area is 198 Å². The van der Waals surface area contributed by atoms with Crippen LogP contribution in [0.15, 0.2) is 54.6 Å². The number of piperidine rings is 1. The Morgan fingerprint density at radius 1 is 1.03 bits per heavy atom. The van der Waals surface area contributed by atoms with E-state index in [1.54, 1.807) is 0 Å². The van der Waals surface area contributed by atoms with Crippen LogP contribution in [0.5, 0.6) is 0 Å². The summed E-state index contributed by atoms with van der Waals surface area (Å²) in [6, 6.07) is 17.3. The first-order valence-electron chi connectivity index (χ1n) is 12.5. The van der Waals surface area contributed by atoms with Crippen LogP contribution in [0, 0.1) is 23.6 Å². The zero-order valence-electron chi connectivity index (χ0n) is 20.5. The van der Waals surface area contributed by atoms with Gasteiger partial charge in [0.1, 0.15) is 11.9 Å². The van der Waals surface area contributed by atoms with Crippen molar-refractivity contribution in [3.05, 3.63) is 71.5 Å². The van der Waals surface area contributed by atoms with Gasteiger partial charge in [0.2, 0.25) is 0 Å². The van der Waals surface area contributed by atoms with Gasteiger partial charge in [-0.05, 0) is 73.4 Å². The number of rotatable bonds is 5. The maximum absolute atomic E-state index is 13.7. The van der Waals surface area contributed by atoms with Crippen LogP contribution in [-0.4, -0.2) is 37.1 Å². The van der Waals surface area contributed by atoms with Crippen LogP contribution in [0.4, 0.5) is 4.39 Å². The van der Waals surface area contributed by atoms with Crippen LogP contribution in [0.1, 0.15) is 63.5 Å². The molecule has 4 heteroatoms. The van der Waals surface area contributed by atoms with Crippen LogP contribution in [0.2, 0.25) is 0 Å². The summed E-state index contributed by atoms with van der Waals surface area (Å²) in [5, 5.41) is 0. The Morgan fingerprint density at radius 3 is 2.42 bits per heavy atom. The third kappa shape index (κ3) is 5.32. The molecule has 0 radical (unpaired) electrons. The summed E-state index contributed by atoms with van der Waals surface area (Å²) < 4.78 is 19.9. The van der Waals surface area contributed by atoms with E-state index in [0.717, 1.165) is 31.4 Å². The Balaban J connectivity index is 1.56. The van der Waals surface area contributed by atoms with Crippen molar-refractivity contribution in [1.29, 1.82) is 0 Å². The molecule has 5 atom stereocenters. The van der Waals surface area contributed by atoms with Crippen molar-refractivity contribution in [2.75, 3.05) is 20.1 Å². The molecule has 2 aliphatic rings. The van der Waals surface area contributed by atoms with E-state index in [1.165, 1.54) is 24.1 Å². The Hall–Kier alpha value is -2.20. The molecule has 0 bridgehead atoms. The fourth-order valence-electron chi connectivity index (χ4n) is 6.07. The number of likely N-dealkylation sites (tertiary alicyclic amines) is 1. The van der Waals surface area contributed by atoms with Gasteiger partial charge in [0.05, 0.1) is 5.92 Å². The topological polar surface area (TPSA) is 29.5 Å². The van der Waals surface area contributed by atoms with Crippen LogP contribution < -0.4 is 0 Å². The number of carbonyl (C=O) groups excluding carboxylic acids is 1. The van der Waals surface area contributed by atoms with Gasteiger partial charge in [-0.2, -0.15) is 0 Å². The summed E-state index contributed by atoms with van der Waals surface area (Å²) in [7, 11) is 2.06. The smallest absolute Gasteiger partial charge is 0.311 e. The van der Waals surface area contributed by atoms with Crippen molar-refractivity contribution in [3.8, 4) is 0 Å². The van der Waals surface area contributed by atoms with E-state index in [0.29, 0.717) is 12.5 Å². The second-order valence-electron chi connectivity index (χ2n) is 10.9. The molecule has 2 aromatic rings. The monoisotopic (exact) mass is 451 g/mol. The summed E-state index contributed by atoms with van der Waals surface area (Å²) in [5.74, 6) is 0.331. The average Bonchev–Trinajstić information content (AvgIpc) is 2.80. The molecule has 1 aliphatic carbocycles. The maximum atomic E-state index is 13.7. The van der Waals surface area contributed by atoms with Crippen LogP contribution in [-0.2, 0) is 14.9 Å². The molecule has 178 valence electrons. The van der Waals surface area contributed by atoms with Gasteiger partial charge in [0.15, 0.2) is 0 Å². The second-order valence-corrected chi connectivity index (χ2v) is 10.9. The molecule has 1 aliphatic heterocycles. The number of benzene rings is 2. The van der Waals surface area contributed by atoms with Crippen LogP contribution >= 0.6 is 0 Å². The lowest BCUT2D eigenvalue weighted by Crippen LogP contribution is -2.47. The van der Waals surface area contributed by atoms with Crippen molar-refractivity contribution in [2.45, 2.75) is 63.9 Å². The zero-order valence-corrected chi connectivity index (χ0v) is 20.5. The van der Waals surface area contributed by atoms with Gasteiger partial charge in [-0.1, -0.05) is 69.7 Å². The molecule has 1 saturated carbocycles. The summed E-state index contributed by atoms with van der Waals surface area (Å²) in [6.07, 6.45) is 3.93. The van der Waals surface area contributed by atoms with Crippen molar-refractivity contribution in [2.24, 2.45) is 17.8 Å². The predicted octanol–water partition coefficient (Wildman–Crippen LogP) is 6.19. The number of carbonyl (C=O) groups is 1. The van der Waals surface area contributed by atoms with Gasteiger partial charge < -0.3 is 9.64 Å². The third-order valence-corrected chi connectivity index (χ3v) is 8.18. The Morgan fingerprint density at radius 2 is 1.73 bits per heavy atom. The van der Waals surface area contributed by atoms with Crippen molar-refractivity contribution in [3.63, 3.8) is 0 Å². The fraction of sp³-hybridized carbons (Fsp3) is 0.552. The van der Waals surface area contributed by atoms with Crippen molar-refractivity contribution < 1.29 is 13.9 Å². The summed E-state index contributed by atoms with van der Waals surface area (Å²) in [4.78, 5) is 15.9. The minimum atomic E-state index is -0.243. The minimum absolute atomic E-state index is 0.0656. The number of halogens is 1. The van der Waals surface area contributed by atoms with E-state index in [9.17, 15) is 9.18 Å². The Bertz CT molecular complexity index is 926. The molecule has 0 unspecified atom stereocenters. The molecule has 0 spiro atoms. The number of hydrogen-bond donors (Lipinski definition) is 0. The highest BCUT2D eigenvalue weighted by Crippen LogP contribution is 2.44. The molecular weight excluding hydrogens is 413 g/mol. The van der Waals surface area contributed by atoms with Gasteiger partial charge in [0.25, 0.3) is 0 Å². The molecule has 3 nitrogen and oxygen atoms in total. The molecule has 0 aromatic heterocycles. The lowest BCUT2D eigenvalue weighted by Gasteiger charge is -2.45. The molecule has 2 aromatic carbocycles. The number of ether oxygens (including phenoxy) is 1. The molecular formula is C29H38FNO2. The molecule has 0 N–H and O–H groups in total. The van der Waals surface area contributed by atoms with Gasteiger partial charge in [-0.15, -0.1) is 0 Å². The molecule has 4 rings (SSSR count). The van der Waals surface area contributed by atoms with Gasteiger partial charge in [0, 0.05) is 12.5 Å². The summed E-state index contributed by atoms with van der Waals surface area (Å²) >= 11 is 0. The predicted molar refractivity (Wildman–Crippen MR) is 131 cm³/mol. The molecule has 1 heterocycles. The zero-order chi connectivity index (χ0) is 23.6. The highest BCUT2D eigenvalue weighted by atomic mass is 19.1. The fourth-order valence-corrected chi connectivity index (χ4v) is 6.07. The quantitative estimate of drug-likeness (QED) is 0.508. The number of nitrogens with zero attached hydrogens (tertiary/aromatic N) is 1. The van der Waals surface area contributed by atoms with Crippen molar-refractivity contribution >= 4 is 5.97 Å². The first kappa shape index (κ1) is 23.9. The molecule has 1 saturated heterocycles. The van der Waals surface area contributed by atoms with E-state index in [1.807, 2.05) is 12.1 Å². The lowest BCUT2D eigenvalue weighted by atomic mass is 9.64. The van der Waals surface area contributed by atoms with Crippen LogP contribution in [0.25, 0.3) is 0 Å². The van der Waals surface area contributed by atoms with Crippen LogP contribution in [0.3, 0.4) is 0 Å². The SMILES string of the molecule is C[C@@H]1CC[C@@H](C(C)(C)c2ccccc2)[C@H](OC(=O)[C@@H]2CN(C)CC[C@H]2c2ccc(F)cc2)C1. The van der Waals surface area contributed by atoms with E-state index in [-0.39, 0.29) is 41.1 Å².